The fourth-order valence-corrected chi connectivity index (χ4v) is 3.02. The Bertz CT molecular complexity index is 312. The van der Waals surface area contributed by atoms with Crippen LogP contribution in [0.25, 0.3) is 0 Å². The molecule has 0 aromatic rings. The fraction of sp³-hybridized carbons (Fsp3) is 0.938. The molecule has 0 heterocycles. The summed E-state index contributed by atoms with van der Waals surface area (Å²) in [6.07, 6.45) is 4.43. The number of nitrogens with one attached hydrogen (secondary N) is 1. The summed E-state index contributed by atoms with van der Waals surface area (Å²) in [4.78, 5) is 0. The zero-order valence-corrected chi connectivity index (χ0v) is 13.4. The van der Waals surface area contributed by atoms with Crippen molar-refractivity contribution in [2.24, 2.45) is 5.92 Å². The van der Waals surface area contributed by atoms with Gasteiger partial charge in [0.05, 0.1) is 25.4 Å². The molecule has 4 heteroatoms. The first-order chi connectivity index (χ1) is 9.50. The summed E-state index contributed by atoms with van der Waals surface area (Å²) in [6, 6.07) is 2.88. The summed E-state index contributed by atoms with van der Waals surface area (Å²) in [6.45, 7) is 10.3. The molecule has 1 N–H and O–H groups in total. The topological polar surface area (TPSA) is 54.3 Å². The second-order valence-corrected chi connectivity index (χ2v) is 6.29. The van der Waals surface area contributed by atoms with E-state index in [0.29, 0.717) is 25.2 Å². The van der Waals surface area contributed by atoms with E-state index in [0.717, 1.165) is 32.3 Å². The van der Waals surface area contributed by atoms with Gasteiger partial charge in [-0.25, -0.2) is 0 Å². The Morgan fingerprint density at radius 2 is 2.00 bits per heavy atom. The summed E-state index contributed by atoms with van der Waals surface area (Å²) in [5.41, 5.74) is -0.341. The maximum Gasteiger partial charge on any atom is 0.109 e. The smallest absolute Gasteiger partial charge is 0.109 e. The third-order valence-electron chi connectivity index (χ3n) is 3.86. The number of hydrogen-bond acceptors (Lipinski definition) is 4. The van der Waals surface area contributed by atoms with E-state index < -0.39 is 0 Å². The van der Waals surface area contributed by atoms with Crippen LogP contribution in [0, 0.1) is 17.2 Å². The minimum Gasteiger partial charge on any atom is -0.379 e. The van der Waals surface area contributed by atoms with Gasteiger partial charge in [-0.3, -0.25) is 5.32 Å². The Morgan fingerprint density at radius 1 is 1.25 bits per heavy atom. The number of ether oxygens (including phenoxy) is 2. The van der Waals surface area contributed by atoms with E-state index in [1.54, 1.807) is 0 Å². The van der Waals surface area contributed by atoms with Crippen molar-refractivity contribution in [3.05, 3.63) is 0 Å². The first-order valence-corrected chi connectivity index (χ1v) is 7.88. The van der Waals surface area contributed by atoms with Crippen molar-refractivity contribution in [3.63, 3.8) is 0 Å². The van der Waals surface area contributed by atoms with E-state index in [1.165, 1.54) is 0 Å². The van der Waals surface area contributed by atoms with Crippen LogP contribution in [0.15, 0.2) is 0 Å². The highest BCUT2D eigenvalue weighted by molar-refractivity contribution is 5.14. The summed E-state index contributed by atoms with van der Waals surface area (Å²) in [7, 11) is 0. The zero-order chi connectivity index (χ0) is 15.0. The fourth-order valence-electron chi connectivity index (χ4n) is 3.02. The van der Waals surface area contributed by atoms with Gasteiger partial charge in [0.25, 0.3) is 0 Å². The summed E-state index contributed by atoms with van der Waals surface area (Å²) in [5, 5.41) is 13.0. The molecule has 1 fully saturated rings. The molecule has 0 amide bonds. The molecule has 2 unspecified atom stereocenters. The molecule has 0 aromatic heterocycles. The van der Waals surface area contributed by atoms with E-state index in [9.17, 15) is 5.26 Å². The van der Waals surface area contributed by atoms with Gasteiger partial charge in [-0.2, -0.15) is 5.26 Å². The quantitative estimate of drug-likeness (QED) is 0.661. The Hall–Kier alpha value is -0.630. The van der Waals surface area contributed by atoms with Gasteiger partial charge in [-0.05, 0) is 52.9 Å². The SMILES string of the molecule is CC(C)NC1(C#N)CCCC1CCOCCOC(C)C. The van der Waals surface area contributed by atoms with Gasteiger partial charge >= 0.3 is 0 Å². The molecular formula is C16H30N2O2. The van der Waals surface area contributed by atoms with Crippen LogP contribution in [-0.2, 0) is 9.47 Å². The second-order valence-electron chi connectivity index (χ2n) is 6.29. The minimum absolute atomic E-state index is 0.259. The molecular weight excluding hydrogens is 252 g/mol. The largest absolute Gasteiger partial charge is 0.379 e. The van der Waals surface area contributed by atoms with Crippen LogP contribution in [0.1, 0.15) is 53.4 Å². The van der Waals surface area contributed by atoms with E-state index in [-0.39, 0.29) is 11.6 Å². The molecule has 1 aliphatic carbocycles. The van der Waals surface area contributed by atoms with E-state index in [2.05, 4.69) is 25.2 Å². The van der Waals surface area contributed by atoms with Gasteiger partial charge in [0.15, 0.2) is 0 Å². The van der Waals surface area contributed by atoms with Crippen molar-refractivity contribution >= 4 is 0 Å². The molecule has 1 saturated carbocycles. The van der Waals surface area contributed by atoms with Gasteiger partial charge in [-0.15, -0.1) is 0 Å². The lowest BCUT2D eigenvalue weighted by atomic mass is 9.85. The van der Waals surface area contributed by atoms with Crippen LogP contribution in [0.2, 0.25) is 0 Å². The Kier molecular flexibility index (Phi) is 7.50. The molecule has 4 nitrogen and oxygen atoms in total. The summed E-state index contributed by atoms with van der Waals surface area (Å²) >= 11 is 0. The molecule has 1 rings (SSSR count). The first kappa shape index (κ1) is 17.4. The van der Waals surface area contributed by atoms with Crippen LogP contribution in [0.5, 0.6) is 0 Å². The maximum absolute atomic E-state index is 9.56. The molecule has 20 heavy (non-hydrogen) atoms. The number of nitrogens with zero attached hydrogens (tertiary/aromatic N) is 1. The third-order valence-corrected chi connectivity index (χ3v) is 3.86. The third kappa shape index (κ3) is 5.40. The number of hydrogen-bond donors (Lipinski definition) is 1. The Morgan fingerprint density at radius 3 is 2.60 bits per heavy atom. The summed E-state index contributed by atoms with van der Waals surface area (Å²) in [5.74, 6) is 0.404. The molecule has 0 radical (unpaired) electrons. The first-order valence-electron chi connectivity index (χ1n) is 7.88. The predicted octanol–water partition coefficient (Wildman–Crippen LogP) is 2.88. The van der Waals surface area contributed by atoms with Crippen molar-refractivity contribution in [1.29, 1.82) is 5.26 Å². The van der Waals surface area contributed by atoms with Crippen LogP contribution in [0.4, 0.5) is 0 Å². The van der Waals surface area contributed by atoms with Crippen molar-refractivity contribution in [2.75, 3.05) is 19.8 Å². The molecule has 0 aliphatic heterocycles. The lowest BCUT2D eigenvalue weighted by molar-refractivity contribution is 0.0149. The zero-order valence-electron chi connectivity index (χ0n) is 13.4. The van der Waals surface area contributed by atoms with E-state index in [4.69, 9.17) is 9.47 Å². The number of rotatable bonds is 9. The van der Waals surface area contributed by atoms with Gasteiger partial charge in [0, 0.05) is 12.6 Å². The molecule has 116 valence electrons. The standard InChI is InChI=1S/C16H30N2O2/c1-13(2)18-16(12-17)8-5-6-15(16)7-9-19-10-11-20-14(3)4/h13-15,18H,5-11H2,1-4H3. The molecule has 1 aliphatic rings. The van der Waals surface area contributed by atoms with Crippen LogP contribution in [-0.4, -0.2) is 37.5 Å². The van der Waals surface area contributed by atoms with Crippen molar-refractivity contribution in [2.45, 2.75) is 71.1 Å². The van der Waals surface area contributed by atoms with E-state index in [1.807, 2.05) is 13.8 Å². The second kappa shape index (κ2) is 8.61. The van der Waals surface area contributed by atoms with Gasteiger partial charge in [0.2, 0.25) is 0 Å². The van der Waals surface area contributed by atoms with Crippen molar-refractivity contribution in [1.82, 2.24) is 5.32 Å². The van der Waals surface area contributed by atoms with Crippen LogP contribution >= 0.6 is 0 Å². The highest BCUT2D eigenvalue weighted by Crippen LogP contribution is 2.37. The minimum atomic E-state index is -0.341. The van der Waals surface area contributed by atoms with E-state index >= 15 is 0 Å². The monoisotopic (exact) mass is 282 g/mol. The van der Waals surface area contributed by atoms with Crippen LogP contribution in [0.3, 0.4) is 0 Å². The predicted molar refractivity (Wildman–Crippen MR) is 80.5 cm³/mol. The molecule has 2 atom stereocenters. The molecule has 0 bridgehead atoms. The Balaban J connectivity index is 2.29. The highest BCUT2D eigenvalue weighted by atomic mass is 16.5. The van der Waals surface area contributed by atoms with Crippen LogP contribution < -0.4 is 5.32 Å². The molecule has 0 saturated heterocycles. The Labute approximate surface area is 123 Å². The highest BCUT2D eigenvalue weighted by Gasteiger charge is 2.42. The normalized spacial score (nSPS) is 26.4. The van der Waals surface area contributed by atoms with Crippen molar-refractivity contribution < 1.29 is 9.47 Å². The molecule has 0 aromatic carbocycles. The lowest BCUT2D eigenvalue weighted by Gasteiger charge is -2.32. The average molecular weight is 282 g/mol. The maximum atomic E-state index is 9.56. The van der Waals surface area contributed by atoms with Crippen molar-refractivity contribution in [3.8, 4) is 6.07 Å². The van der Waals surface area contributed by atoms with Gasteiger partial charge in [-0.1, -0.05) is 6.42 Å². The molecule has 0 spiro atoms. The summed E-state index contributed by atoms with van der Waals surface area (Å²) < 4.78 is 11.1. The van der Waals surface area contributed by atoms with Gasteiger partial charge in [0.1, 0.15) is 5.54 Å². The number of nitriles is 1. The van der Waals surface area contributed by atoms with Gasteiger partial charge < -0.3 is 9.47 Å². The lowest BCUT2D eigenvalue weighted by Crippen LogP contribution is -2.50. The average Bonchev–Trinajstić information content (AvgIpc) is 2.76.